The molecule has 5 aromatic rings. The zero-order valence-electron chi connectivity index (χ0n) is 36.6. The second-order valence-electron chi connectivity index (χ2n) is 17.7. The van der Waals surface area contributed by atoms with Gasteiger partial charge in [0.05, 0.1) is 43.4 Å². The van der Waals surface area contributed by atoms with Gasteiger partial charge in [-0.15, -0.1) is 0 Å². The van der Waals surface area contributed by atoms with Crippen molar-refractivity contribution in [3.05, 3.63) is 101 Å². The van der Waals surface area contributed by atoms with Crippen LogP contribution in [0.5, 0.6) is 5.75 Å². The Bertz CT molecular complexity index is 2590. The van der Waals surface area contributed by atoms with E-state index in [4.69, 9.17) is 24.2 Å². The van der Waals surface area contributed by atoms with Gasteiger partial charge < -0.3 is 49.7 Å². The Hall–Kier alpha value is -6.68. The molecular weight excluding hydrogens is 817 g/mol. The molecule has 2 unspecified atom stereocenters. The van der Waals surface area contributed by atoms with E-state index < -0.39 is 30.3 Å². The van der Waals surface area contributed by atoms with Crippen molar-refractivity contribution in [3.63, 3.8) is 0 Å². The first-order chi connectivity index (χ1) is 30.9. The van der Waals surface area contributed by atoms with Gasteiger partial charge in [0.2, 0.25) is 5.91 Å². The van der Waals surface area contributed by atoms with E-state index in [0.29, 0.717) is 37.6 Å². The molecule has 6 atom stereocenters. The fourth-order valence-electron chi connectivity index (χ4n) is 10.1. The number of hydrogen-bond donors (Lipinski definition) is 5. The fourth-order valence-corrected chi connectivity index (χ4v) is 10.1. The number of carbonyl (C=O) groups is 4. The number of methoxy groups -OCH3 is 2. The molecule has 0 bridgehead atoms. The quantitative estimate of drug-likeness (QED) is 0.0911. The van der Waals surface area contributed by atoms with Gasteiger partial charge in [-0.05, 0) is 91.0 Å². The number of alkyl carbamates (subject to hydrolysis) is 1. The van der Waals surface area contributed by atoms with Crippen LogP contribution in [-0.4, -0.2) is 98.3 Å². The van der Waals surface area contributed by atoms with Crippen molar-refractivity contribution in [1.82, 2.24) is 40.4 Å². The predicted molar refractivity (Wildman–Crippen MR) is 236 cm³/mol. The van der Waals surface area contributed by atoms with Crippen molar-refractivity contribution >= 4 is 24.0 Å². The average molecular weight is 871 g/mol. The smallest absolute Gasteiger partial charge is 0.407 e. The Morgan fingerprint density at radius 1 is 0.906 bits per heavy atom. The molecule has 64 heavy (non-hydrogen) atoms. The summed E-state index contributed by atoms with van der Waals surface area (Å²) in [7, 11) is 2.93. The summed E-state index contributed by atoms with van der Waals surface area (Å²) >= 11 is 0. The maximum atomic E-state index is 14.1. The van der Waals surface area contributed by atoms with Crippen molar-refractivity contribution in [3.8, 4) is 39.4 Å². The summed E-state index contributed by atoms with van der Waals surface area (Å²) in [6, 6.07) is 17.0. The SMILES string of the molecule is COC[C@H]1C[C@@H](c2ncc(-c3ccc4c(c3)COc3cc5c(cc3-4)CCc3[nH]c([C@@H]4CC[C@H](C)N4C(=O)C(NC(=O)OC)C(C)C)nc3-5)[nH]2)N(C(=O)C(NC(=O)O)c2ccccc2)C1. The van der Waals surface area contributed by atoms with Crippen molar-refractivity contribution in [2.75, 3.05) is 27.4 Å². The highest BCUT2D eigenvalue weighted by molar-refractivity contribution is 5.88. The molecule has 2 fully saturated rings. The van der Waals surface area contributed by atoms with Crippen molar-refractivity contribution in [1.29, 1.82) is 0 Å². The molecule has 16 nitrogen and oxygen atoms in total. The lowest BCUT2D eigenvalue weighted by molar-refractivity contribution is -0.137. The summed E-state index contributed by atoms with van der Waals surface area (Å²) in [4.78, 5) is 72.8. The van der Waals surface area contributed by atoms with E-state index in [-0.39, 0.29) is 35.7 Å². The number of rotatable bonds is 11. The molecule has 1 aliphatic carbocycles. The van der Waals surface area contributed by atoms with E-state index in [9.17, 15) is 24.3 Å². The van der Waals surface area contributed by atoms with E-state index in [1.54, 1.807) is 42.5 Å². The highest BCUT2D eigenvalue weighted by Gasteiger charge is 2.43. The van der Waals surface area contributed by atoms with Crippen LogP contribution in [0.15, 0.2) is 66.9 Å². The van der Waals surface area contributed by atoms with E-state index in [1.165, 1.54) is 12.7 Å². The van der Waals surface area contributed by atoms with Crippen molar-refractivity contribution in [2.24, 2.45) is 11.8 Å². The third-order valence-corrected chi connectivity index (χ3v) is 13.3. The first-order valence-corrected chi connectivity index (χ1v) is 22.0. The second-order valence-corrected chi connectivity index (χ2v) is 17.7. The number of H-pyrrole nitrogens is 2. The number of fused-ring (bicyclic) bond motifs is 6. The molecule has 334 valence electrons. The van der Waals surface area contributed by atoms with Crippen LogP contribution in [0.4, 0.5) is 9.59 Å². The fraction of sp³-hybridized carbons (Fsp3) is 0.417. The lowest BCUT2D eigenvalue weighted by Gasteiger charge is -2.32. The van der Waals surface area contributed by atoms with E-state index in [1.807, 2.05) is 31.7 Å². The molecule has 0 saturated carbocycles. The van der Waals surface area contributed by atoms with Gasteiger partial charge in [-0.3, -0.25) is 9.59 Å². The van der Waals surface area contributed by atoms with Gasteiger partial charge in [-0.1, -0.05) is 56.3 Å². The minimum Gasteiger partial charge on any atom is -0.488 e. The Labute approximate surface area is 371 Å². The second kappa shape index (κ2) is 17.5. The molecule has 0 spiro atoms. The van der Waals surface area contributed by atoms with Gasteiger partial charge >= 0.3 is 12.2 Å². The van der Waals surface area contributed by atoms with E-state index in [0.717, 1.165) is 82.2 Å². The van der Waals surface area contributed by atoms with Crippen LogP contribution in [0.3, 0.4) is 0 Å². The van der Waals surface area contributed by atoms with Crippen LogP contribution in [0.25, 0.3) is 33.6 Å². The van der Waals surface area contributed by atoms with Crippen LogP contribution in [0, 0.1) is 11.8 Å². The molecule has 3 aliphatic heterocycles. The Kier molecular flexibility index (Phi) is 11.6. The van der Waals surface area contributed by atoms with E-state index in [2.05, 4.69) is 50.9 Å². The zero-order chi connectivity index (χ0) is 44.8. The predicted octanol–water partition coefficient (Wildman–Crippen LogP) is 7.10. The molecule has 4 aliphatic rings. The maximum Gasteiger partial charge on any atom is 0.407 e. The number of imidazole rings is 2. The summed E-state index contributed by atoms with van der Waals surface area (Å²) in [5.41, 5.74) is 9.51. The number of aryl methyl sites for hydroxylation is 2. The van der Waals surface area contributed by atoms with Gasteiger partial charge in [0.15, 0.2) is 0 Å². The highest BCUT2D eigenvalue weighted by Crippen LogP contribution is 2.46. The number of aromatic amines is 2. The maximum absolute atomic E-state index is 14.1. The van der Waals surface area contributed by atoms with Crippen LogP contribution < -0.4 is 15.4 Å². The Balaban J connectivity index is 0.956. The highest BCUT2D eigenvalue weighted by atomic mass is 16.5. The van der Waals surface area contributed by atoms with Gasteiger partial charge in [0, 0.05) is 42.4 Å². The number of hydrogen-bond acceptors (Lipinski definition) is 9. The van der Waals surface area contributed by atoms with E-state index >= 15 is 0 Å². The number of amides is 4. The van der Waals surface area contributed by atoms with Gasteiger partial charge in [-0.25, -0.2) is 19.6 Å². The average Bonchev–Trinajstić information content (AvgIpc) is 4.12. The minimum absolute atomic E-state index is 0.0194. The topological polar surface area (TPSA) is 204 Å². The van der Waals surface area contributed by atoms with Crippen LogP contribution in [0.2, 0.25) is 0 Å². The third-order valence-electron chi connectivity index (χ3n) is 13.3. The number of benzene rings is 3. The van der Waals surface area contributed by atoms with Crippen LogP contribution in [0.1, 0.15) is 92.2 Å². The minimum atomic E-state index is -1.28. The summed E-state index contributed by atoms with van der Waals surface area (Å²) in [5.74, 6) is 1.57. The number of nitrogens with one attached hydrogen (secondary N) is 4. The molecular formula is C48H54N8O8. The Morgan fingerprint density at radius 2 is 1.72 bits per heavy atom. The largest absolute Gasteiger partial charge is 0.488 e. The molecule has 0 radical (unpaired) electrons. The first kappa shape index (κ1) is 42.6. The molecule has 4 amide bonds. The number of carboxylic acid groups (broad SMARTS) is 1. The molecule has 2 aromatic heterocycles. The summed E-state index contributed by atoms with van der Waals surface area (Å²) in [6.07, 6.45) is 3.64. The summed E-state index contributed by atoms with van der Waals surface area (Å²) in [6.45, 7) is 7.08. The Morgan fingerprint density at radius 3 is 2.47 bits per heavy atom. The monoisotopic (exact) mass is 870 g/mol. The molecule has 2 saturated heterocycles. The summed E-state index contributed by atoms with van der Waals surface area (Å²) < 4.78 is 16.8. The number of ether oxygens (including phenoxy) is 3. The number of carbonyl (C=O) groups excluding carboxylic acids is 3. The molecule has 5 heterocycles. The molecule has 9 rings (SSSR count). The van der Waals surface area contributed by atoms with Crippen LogP contribution >= 0.6 is 0 Å². The number of nitrogens with zero attached hydrogens (tertiary/aromatic N) is 4. The standard InChI is InChI=1S/C48H54N8O8/c1-25(2)40(54-48(61)63-5)46(58)56-26(3)11-16-37(56)44-50-35-15-13-29-19-34-32-14-12-30(18-31(32)24-64-39(34)20-33(29)42(35)52-44)36-21-49-43(51-36)38-17-27(23-62-4)22-55(38)45(57)41(53-47(59)60)28-9-7-6-8-10-28/h6-10,12,14,18-21,25-27,37-38,40-41,53H,11,13,15-17,22-24H2,1-5H3,(H,49,51)(H,50,52)(H,54,61)(H,59,60)/t26-,27-,37-,38-,40?,41?/m0/s1. The summed E-state index contributed by atoms with van der Waals surface area (Å²) in [5, 5.41) is 14.8. The molecule has 5 N–H and O–H groups in total. The third kappa shape index (κ3) is 7.95. The number of likely N-dealkylation sites (tertiary alicyclic amines) is 2. The number of aromatic nitrogens is 4. The van der Waals surface area contributed by atoms with Crippen LogP contribution in [-0.2, 0) is 38.5 Å². The normalized spacial score (nSPS) is 20.7. The van der Waals surface area contributed by atoms with Gasteiger partial charge in [0.1, 0.15) is 36.1 Å². The van der Waals surface area contributed by atoms with Crippen molar-refractivity contribution < 1.29 is 38.5 Å². The lowest BCUT2D eigenvalue weighted by atomic mass is 9.86. The van der Waals surface area contributed by atoms with Gasteiger partial charge in [-0.2, -0.15) is 0 Å². The lowest BCUT2D eigenvalue weighted by Crippen LogP contribution is -2.52. The van der Waals surface area contributed by atoms with Gasteiger partial charge in [0.25, 0.3) is 5.91 Å². The van der Waals surface area contributed by atoms with Crippen molar-refractivity contribution in [2.45, 2.75) is 89.7 Å². The first-order valence-electron chi connectivity index (χ1n) is 22.0. The molecule has 3 aromatic carbocycles. The molecule has 16 heteroatoms. The zero-order valence-corrected chi connectivity index (χ0v) is 36.6.